The van der Waals surface area contributed by atoms with Crippen LogP contribution in [0.5, 0.6) is 0 Å². The van der Waals surface area contributed by atoms with Crippen molar-refractivity contribution < 1.29 is 29.5 Å². The monoisotopic (exact) mass is 207 g/mol. The maximum atomic E-state index is 11.3. The fourth-order valence-electron chi connectivity index (χ4n) is 1.44. The van der Waals surface area contributed by atoms with Crippen molar-refractivity contribution in [1.82, 2.24) is 0 Å². The van der Waals surface area contributed by atoms with Crippen LogP contribution in [-0.2, 0) is 14.2 Å². The van der Waals surface area contributed by atoms with Crippen LogP contribution in [0, 0.1) is 0 Å². The largest absolute Gasteiger partial charge is 0.829 e. The van der Waals surface area contributed by atoms with Crippen molar-refractivity contribution in [3.63, 3.8) is 0 Å². The van der Waals surface area contributed by atoms with Gasteiger partial charge in [-0.2, -0.15) is 0 Å². The second-order valence-corrected chi connectivity index (χ2v) is 3.34. The van der Waals surface area contributed by atoms with Crippen LogP contribution in [0.25, 0.3) is 0 Å². The fourth-order valence-corrected chi connectivity index (χ4v) is 1.44. The minimum atomic E-state index is -1.58. The lowest BCUT2D eigenvalue weighted by Crippen LogP contribution is -2.67. The highest BCUT2D eigenvalue weighted by Crippen LogP contribution is 2.29. The van der Waals surface area contributed by atoms with E-state index in [4.69, 9.17) is 14.2 Å². The standard InChI is InChI=1S/C8H15O6/c1-8(13-3)6(10)4(9)5(12-2)7(11)14-8/h4-7,9-10H,1-3H3/q-1. The predicted octanol–water partition coefficient (Wildman–Crippen LogP) is -2.20. The molecule has 1 rings (SSSR count). The highest BCUT2D eigenvalue weighted by Gasteiger charge is 2.48. The molecule has 84 valence electrons. The molecular weight excluding hydrogens is 192 g/mol. The van der Waals surface area contributed by atoms with Crippen molar-refractivity contribution in [3.8, 4) is 0 Å². The molecule has 1 saturated heterocycles. The average Bonchev–Trinajstić information content (AvgIpc) is 2.15. The van der Waals surface area contributed by atoms with Gasteiger partial charge in [-0.25, -0.2) is 0 Å². The summed E-state index contributed by atoms with van der Waals surface area (Å²) >= 11 is 0. The van der Waals surface area contributed by atoms with E-state index in [0.717, 1.165) is 0 Å². The molecule has 0 spiro atoms. The Labute approximate surface area is 82.0 Å². The Kier molecular flexibility index (Phi) is 3.46. The molecule has 1 fully saturated rings. The van der Waals surface area contributed by atoms with Crippen LogP contribution >= 0.6 is 0 Å². The van der Waals surface area contributed by atoms with Crippen molar-refractivity contribution in [2.75, 3.05) is 14.2 Å². The summed E-state index contributed by atoms with van der Waals surface area (Å²) in [5, 5.41) is 30.5. The van der Waals surface area contributed by atoms with Crippen molar-refractivity contribution in [2.45, 2.75) is 37.3 Å². The summed E-state index contributed by atoms with van der Waals surface area (Å²) in [6.07, 6.45) is -5.31. The van der Waals surface area contributed by atoms with Gasteiger partial charge in [0.15, 0.2) is 5.79 Å². The summed E-state index contributed by atoms with van der Waals surface area (Å²) in [6, 6.07) is 0. The molecule has 6 heteroatoms. The van der Waals surface area contributed by atoms with Gasteiger partial charge in [0, 0.05) is 20.5 Å². The van der Waals surface area contributed by atoms with Crippen molar-refractivity contribution >= 4 is 0 Å². The van der Waals surface area contributed by atoms with E-state index >= 15 is 0 Å². The molecule has 0 amide bonds. The number of ether oxygens (including phenoxy) is 3. The molecule has 5 atom stereocenters. The number of hydrogen-bond acceptors (Lipinski definition) is 6. The van der Waals surface area contributed by atoms with Crippen LogP contribution in [0.4, 0.5) is 0 Å². The van der Waals surface area contributed by atoms with Gasteiger partial charge in [0.2, 0.25) is 0 Å². The van der Waals surface area contributed by atoms with Gasteiger partial charge >= 0.3 is 0 Å². The first-order valence-corrected chi connectivity index (χ1v) is 4.24. The smallest absolute Gasteiger partial charge is 0.192 e. The highest BCUT2D eigenvalue weighted by atomic mass is 16.8. The van der Waals surface area contributed by atoms with Crippen LogP contribution in [0.15, 0.2) is 0 Å². The summed E-state index contributed by atoms with van der Waals surface area (Å²) in [6.45, 7) is 1.39. The molecule has 14 heavy (non-hydrogen) atoms. The molecule has 6 nitrogen and oxygen atoms in total. The topological polar surface area (TPSA) is 91.2 Å². The molecule has 2 N–H and O–H groups in total. The normalized spacial score (nSPS) is 49.3. The maximum Gasteiger partial charge on any atom is 0.192 e. The van der Waals surface area contributed by atoms with Crippen LogP contribution < -0.4 is 5.11 Å². The predicted molar refractivity (Wildman–Crippen MR) is 43.1 cm³/mol. The molecule has 5 unspecified atom stereocenters. The lowest BCUT2D eigenvalue weighted by molar-refractivity contribution is -0.559. The molecule has 1 heterocycles. The lowest BCUT2D eigenvalue weighted by atomic mass is 9.97. The van der Waals surface area contributed by atoms with Crippen LogP contribution in [-0.4, -0.2) is 54.8 Å². The molecule has 0 saturated carbocycles. The summed E-state index contributed by atoms with van der Waals surface area (Å²) in [5.74, 6) is -1.49. The van der Waals surface area contributed by atoms with Crippen molar-refractivity contribution in [3.05, 3.63) is 0 Å². The molecule has 0 aromatic heterocycles. The van der Waals surface area contributed by atoms with E-state index in [1.165, 1.54) is 21.1 Å². The Morgan fingerprint density at radius 2 is 1.93 bits per heavy atom. The van der Waals surface area contributed by atoms with Gasteiger partial charge in [-0.1, -0.05) is 0 Å². The Hall–Kier alpha value is -0.240. The SMILES string of the molecule is COC1C([O-])OC(C)(OC)C(O)C1O. The van der Waals surface area contributed by atoms with Gasteiger partial charge in [-0.3, -0.25) is 0 Å². The number of hydrogen-bond donors (Lipinski definition) is 2. The van der Waals surface area contributed by atoms with E-state index in [9.17, 15) is 15.3 Å². The van der Waals surface area contributed by atoms with Crippen molar-refractivity contribution in [2.24, 2.45) is 0 Å². The van der Waals surface area contributed by atoms with Crippen molar-refractivity contribution in [1.29, 1.82) is 0 Å². The van der Waals surface area contributed by atoms with Crippen LogP contribution in [0.3, 0.4) is 0 Å². The average molecular weight is 207 g/mol. The summed E-state index contributed by atoms with van der Waals surface area (Å²) in [7, 11) is 2.56. The Morgan fingerprint density at radius 3 is 2.36 bits per heavy atom. The van der Waals surface area contributed by atoms with Gasteiger partial charge in [-0.15, -0.1) is 0 Å². The molecule has 0 aromatic carbocycles. The Bertz CT molecular complexity index is 198. The number of methoxy groups -OCH3 is 2. The number of rotatable bonds is 2. The first-order valence-electron chi connectivity index (χ1n) is 4.24. The van der Waals surface area contributed by atoms with Gasteiger partial charge < -0.3 is 29.5 Å². The Morgan fingerprint density at radius 1 is 1.36 bits per heavy atom. The zero-order chi connectivity index (χ0) is 10.9. The third-order valence-corrected chi connectivity index (χ3v) is 2.49. The third kappa shape index (κ3) is 1.77. The van der Waals surface area contributed by atoms with Gasteiger partial charge in [0.1, 0.15) is 12.2 Å². The van der Waals surface area contributed by atoms with E-state index in [1.807, 2.05) is 0 Å². The van der Waals surface area contributed by atoms with E-state index in [1.54, 1.807) is 0 Å². The minimum absolute atomic E-state index is 1.09. The first kappa shape index (κ1) is 11.8. The molecule has 1 aliphatic heterocycles. The summed E-state index contributed by atoms with van der Waals surface area (Å²) < 4.78 is 14.5. The van der Waals surface area contributed by atoms with Gasteiger partial charge in [-0.05, 0) is 6.92 Å². The molecule has 0 aromatic rings. The Balaban J connectivity index is 2.83. The summed E-state index contributed by atoms with van der Waals surface area (Å²) in [4.78, 5) is 0. The maximum absolute atomic E-state index is 11.3. The molecule has 0 aliphatic carbocycles. The van der Waals surface area contributed by atoms with Gasteiger partial charge in [0.05, 0.1) is 6.10 Å². The highest BCUT2D eigenvalue weighted by molar-refractivity contribution is 4.91. The van der Waals surface area contributed by atoms with E-state index in [-0.39, 0.29) is 0 Å². The molecule has 0 radical (unpaired) electrons. The third-order valence-electron chi connectivity index (χ3n) is 2.49. The zero-order valence-corrected chi connectivity index (χ0v) is 8.34. The van der Waals surface area contributed by atoms with E-state index in [2.05, 4.69) is 0 Å². The zero-order valence-electron chi connectivity index (χ0n) is 8.34. The number of aliphatic hydroxyl groups excluding tert-OH is 2. The second kappa shape index (κ2) is 4.09. The molecule has 0 bridgehead atoms. The van der Waals surface area contributed by atoms with E-state index < -0.39 is 30.4 Å². The van der Waals surface area contributed by atoms with Crippen LogP contribution in [0.2, 0.25) is 0 Å². The molecule has 1 aliphatic rings. The minimum Gasteiger partial charge on any atom is -0.829 e. The molecular formula is C8H15O6-. The quantitative estimate of drug-likeness (QED) is 0.534. The first-order chi connectivity index (χ1) is 6.46. The fraction of sp³-hybridized carbons (Fsp3) is 1.00. The second-order valence-electron chi connectivity index (χ2n) is 3.34. The van der Waals surface area contributed by atoms with Gasteiger partial charge in [0.25, 0.3) is 0 Å². The van der Waals surface area contributed by atoms with Crippen LogP contribution in [0.1, 0.15) is 6.92 Å². The number of aliphatic hydroxyl groups is 2. The summed E-state index contributed by atoms with van der Waals surface area (Å²) in [5.41, 5.74) is 0. The van der Waals surface area contributed by atoms with E-state index in [0.29, 0.717) is 0 Å². The lowest BCUT2D eigenvalue weighted by Gasteiger charge is -2.49.